The summed E-state index contributed by atoms with van der Waals surface area (Å²) in [5.74, 6) is -1.04. The second-order valence-electron chi connectivity index (χ2n) is 5.96. The van der Waals surface area contributed by atoms with Gasteiger partial charge < -0.3 is 9.84 Å². The molecular weight excluding hydrogens is 244 g/mol. The van der Waals surface area contributed by atoms with Gasteiger partial charge in [-0.1, -0.05) is 18.1 Å². The second kappa shape index (κ2) is 4.04. The Labute approximate surface area is 112 Å². The lowest BCUT2D eigenvalue weighted by Gasteiger charge is -2.27. The molecule has 4 nitrogen and oxygen atoms in total. The molecule has 5 atom stereocenters. The third-order valence-electron chi connectivity index (χ3n) is 4.77. The number of aliphatic hydroxyl groups is 1. The molecule has 4 heteroatoms. The van der Waals surface area contributed by atoms with Crippen molar-refractivity contribution in [2.45, 2.75) is 39.4 Å². The molecule has 19 heavy (non-hydrogen) atoms. The van der Waals surface area contributed by atoms with Crippen molar-refractivity contribution in [2.75, 3.05) is 0 Å². The van der Waals surface area contributed by atoms with Gasteiger partial charge in [-0.3, -0.25) is 9.59 Å². The zero-order valence-corrected chi connectivity index (χ0v) is 11.3. The summed E-state index contributed by atoms with van der Waals surface area (Å²) in [6.07, 6.45) is 1.14. The van der Waals surface area contributed by atoms with Gasteiger partial charge in [0.25, 0.3) is 0 Å². The third-order valence-corrected chi connectivity index (χ3v) is 4.77. The number of aliphatic hydroxyl groups excluding tert-OH is 1. The first-order valence-electron chi connectivity index (χ1n) is 6.72. The number of rotatable bonds is 0. The van der Waals surface area contributed by atoms with Crippen LogP contribution in [0.3, 0.4) is 0 Å². The van der Waals surface area contributed by atoms with Crippen LogP contribution in [0, 0.1) is 17.8 Å². The summed E-state index contributed by atoms with van der Waals surface area (Å²) in [7, 11) is 0. The van der Waals surface area contributed by atoms with E-state index < -0.39 is 6.10 Å². The maximum atomic E-state index is 12.0. The minimum Gasteiger partial charge on any atom is -0.461 e. The fourth-order valence-corrected chi connectivity index (χ4v) is 3.81. The van der Waals surface area contributed by atoms with Gasteiger partial charge in [-0.25, -0.2) is 0 Å². The topological polar surface area (TPSA) is 63.6 Å². The van der Waals surface area contributed by atoms with Gasteiger partial charge in [0.15, 0.2) is 5.78 Å². The second-order valence-corrected chi connectivity index (χ2v) is 5.96. The molecule has 0 radical (unpaired) electrons. The van der Waals surface area contributed by atoms with E-state index in [1.165, 1.54) is 0 Å². The fourth-order valence-electron chi connectivity index (χ4n) is 3.81. The van der Waals surface area contributed by atoms with E-state index in [0.29, 0.717) is 12.0 Å². The van der Waals surface area contributed by atoms with E-state index in [1.807, 2.05) is 13.8 Å². The molecule has 0 saturated carbocycles. The standard InChI is InChI=1S/C15H18O4/c1-6-4-9(16)11-7(2)5-10-13(14(17)12(6)11)8(3)15(18)19-10/h4,8,10,12-14,17H,5H2,1-3H3/t8-,10-,12-,13+,14+/m0/s1. The first kappa shape index (κ1) is 12.6. The van der Waals surface area contributed by atoms with Gasteiger partial charge in [0.05, 0.1) is 12.0 Å². The quantitative estimate of drug-likeness (QED) is 0.670. The number of ether oxygens (including phenoxy) is 1. The Morgan fingerprint density at radius 2 is 2.00 bits per heavy atom. The number of ketones is 1. The number of esters is 1. The minimum atomic E-state index is -0.721. The van der Waals surface area contributed by atoms with Crippen molar-refractivity contribution in [3.05, 3.63) is 22.8 Å². The monoisotopic (exact) mass is 262 g/mol. The molecule has 1 aliphatic heterocycles. The Morgan fingerprint density at radius 3 is 2.68 bits per heavy atom. The summed E-state index contributed by atoms with van der Waals surface area (Å²) in [5, 5.41) is 10.7. The number of hydrogen-bond donors (Lipinski definition) is 1. The lowest BCUT2D eigenvalue weighted by Crippen LogP contribution is -2.36. The number of fused-ring (bicyclic) bond motifs is 2. The molecule has 102 valence electrons. The van der Waals surface area contributed by atoms with E-state index in [4.69, 9.17) is 4.74 Å². The average molecular weight is 262 g/mol. The van der Waals surface area contributed by atoms with Crippen LogP contribution in [0.25, 0.3) is 0 Å². The van der Waals surface area contributed by atoms with Crippen molar-refractivity contribution < 1.29 is 19.4 Å². The summed E-state index contributed by atoms with van der Waals surface area (Å²) in [4.78, 5) is 23.8. The van der Waals surface area contributed by atoms with Gasteiger partial charge in [0.1, 0.15) is 6.10 Å². The zero-order chi connectivity index (χ0) is 13.9. The van der Waals surface area contributed by atoms with Crippen LogP contribution in [0.4, 0.5) is 0 Å². The predicted octanol–water partition coefficient (Wildman–Crippen LogP) is 1.39. The van der Waals surface area contributed by atoms with Crippen molar-refractivity contribution in [1.82, 2.24) is 0 Å². The molecule has 1 saturated heterocycles. The van der Waals surface area contributed by atoms with Gasteiger partial charge in [-0.15, -0.1) is 0 Å². The number of allylic oxidation sites excluding steroid dienone is 1. The summed E-state index contributed by atoms with van der Waals surface area (Å²) >= 11 is 0. The molecule has 2 aliphatic carbocycles. The molecule has 0 aromatic carbocycles. The highest BCUT2D eigenvalue weighted by atomic mass is 16.6. The maximum Gasteiger partial charge on any atom is 0.309 e. The Morgan fingerprint density at radius 1 is 1.32 bits per heavy atom. The van der Waals surface area contributed by atoms with Crippen molar-refractivity contribution in [3.63, 3.8) is 0 Å². The molecule has 3 aliphatic rings. The molecule has 0 bridgehead atoms. The summed E-state index contributed by atoms with van der Waals surface area (Å²) in [5.41, 5.74) is 2.54. The Bertz CT molecular complexity index is 528. The fraction of sp³-hybridized carbons (Fsp3) is 0.600. The van der Waals surface area contributed by atoms with Crippen LogP contribution in [-0.2, 0) is 14.3 Å². The highest BCUT2D eigenvalue weighted by Crippen LogP contribution is 2.46. The first-order chi connectivity index (χ1) is 8.91. The lowest BCUT2D eigenvalue weighted by atomic mass is 9.79. The van der Waals surface area contributed by atoms with E-state index >= 15 is 0 Å². The van der Waals surface area contributed by atoms with Crippen molar-refractivity contribution in [2.24, 2.45) is 17.8 Å². The molecule has 3 rings (SSSR count). The van der Waals surface area contributed by atoms with Gasteiger partial charge in [-0.05, 0) is 19.9 Å². The van der Waals surface area contributed by atoms with E-state index in [9.17, 15) is 14.7 Å². The van der Waals surface area contributed by atoms with Crippen LogP contribution in [0.15, 0.2) is 22.8 Å². The van der Waals surface area contributed by atoms with Crippen molar-refractivity contribution >= 4 is 11.8 Å². The number of hydrogen-bond acceptors (Lipinski definition) is 4. The van der Waals surface area contributed by atoms with Crippen molar-refractivity contribution in [3.8, 4) is 0 Å². The lowest BCUT2D eigenvalue weighted by molar-refractivity contribution is -0.143. The Hall–Kier alpha value is -1.42. The molecular formula is C15H18O4. The molecule has 1 N–H and O–H groups in total. The number of carbonyl (C=O) groups excluding carboxylic acids is 2. The van der Waals surface area contributed by atoms with Crippen LogP contribution in [0.1, 0.15) is 27.2 Å². The molecule has 0 amide bonds. The smallest absolute Gasteiger partial charge is 0.309 e. The van der Waals surface area contributed by atoms with E-state index in [1.54, 1.807) is 13.0 Å². The first-order valence-corrected chi connectivity index (χ1v) is 6.72. The summed E-state index contributed by atoms with van der Waals surface area (Å²) in [6, 6.07) is 0. The van der Waals surface area contributed by atoms with Crippen molar-refractivity contribution in [1.29, 1.82) is 0 Å². The van der Waals surface area contributed by atoms with Crippen LogP contribution >= 0.6 is 0 Å². The van der Waals surface area contributed by atoms with Crippen LogP contribution < -0.4 is 0 Å². The van der Waals surface area contributed by atoms with Gasteiger partial charge >= 0.3 is 5.97 Å². The molecule has 0 unspecified atom stereocenters. The van der Waals surface area contributed by atoms with Gasteiger partial charge in [0, 0.05) is 23.8 Å². The third kappa shape index (κ3) is 1.62. The van der Waals surface area contributed by atoms with E-state index in [0.717, 1.165) is 11.1 Å². The maximum absolute atomic E-state index is 12.0. The molecule has 0 aromatic rings. The molecule has 1 fully saturated rings. The summed E-state index contributed by atoms with van der Waals surface area (Å²) in [6.45, 7) is 5.57. The highest BCUT2D eigenvalue weighted by molar-refractivity contribution is 6.08. The predicted molar refractivity (Wildman–Crippen MR) is 68.1 cm³/mol. The highest BCUT2D eigenvalue weighted by Gasteiger charge is 2.52. The van der Waals surface area contributed by atoms with E-state index in [-0.39, 0.29) is 35.6 Å². The van der Waals surface area contributed by atoms with Crippen LogP contribution in [-0.4, -0.2) is 29.1 Å². The van der Waals surface area contributed by atoms with Crippen LogP contribution in [0.2, 0.25) is 0 Å². The normalized spacial score (nSPS) is 41.7. The van der Waals surface area contributed by atoms with Gasteiger partial charge in [-0.2, -0.15) is 0 Å². The Kier molecular flexibility index (Phi) is 2.68. The zero-order valence-electron chi connectivity index (χ0n) is 11.3. The average Bonchev–Trinajstić information content (AvgIpc) is 2.72. The minimum absolute atomic E-state index is 0.00185. The molecule has 0 aromatic heterocycles. The summed E-state index contributed by atoms with van der Waals surface area (Å²) < 4.78 is 5.37. The van der Waals surface area contributed by atoms with E-state index in [2.05, 4.69) is 0 Å². The Balaban J connectivity index is 2.08. The van der Waals surface area contributed by atoms with Crippen LogP contribution in [0.5, 0.6) is 0 Å². The molecule has 1 heterocycles. The molecule has 0 spiro atoms. The largest absolute Gasteiger partial charge is 0.461 e. The number of carbonyl (C=O) groups is 2. The SMILES string of the molecule is CC1=CC(=O)C2=C(C)C[C@@H]3OC(=O)[C@@H](C)[C@H]3[C@H](O)[C@@H]12. The van der Waals surface area contributed by atoms with Gasteiger partial charge in [0.2, 0.25) is 0 Å².